The molecule has 4 aromatic rings. The molecule has 2 aliphatic rings. The molecular formula is C29H22FN3O5+2. The molecule has 1 aromatic heterocycles. The van der Waals surface area contributed by atoms with E-state index < -0.39 is 23.3 Å². The number of aliphatic hydroxyl groups excluding tert-OH is 1. The number of rotatable bonds is 3. The number of benzene rings is 3. The molecule has 38 heavy (non-hydrogen) atoms. The molecule has 1 aliphatic heterocycles. The lowest BCUT2D eigenvalue weighted by Gasteiger charge is -2.22. The molecule has 0 saturated carbocycles. The van der Waals surface area contributed by atoms with Crippen molar-refractivity contribution in [3.8, 4) is 11.8 Å². The van der Waals surface area contributed by atoms with Crippen LogP contribution < -0.4 is 19.9 Å². The van der Waals surface area contributed by atoms with Crippen molar-refractivity contribution in [3.63, 3.8) is 0 Å². The molecule has 1 atom stereocenters. The molecule has 1 unspecified atom stereocenters. The maximum absolute atomic E-state index is 14.1. The number of ether oxygens (including phenoxy) is 1. The summed E-state index contributed by atoms with van der Waals surface area (Å²) >= 11 is 0. The van der Waals surface area contributed by atoms with Crippen LogP contribution in [-0.2, 0) is 14.1 Å². The summed E-state index contributed by atoms with van der Waals surface area (Å²) in [6.07, 6.45) is 0. The van der Waals surface area contributed by atoms with E-state index in [9.17, 15) is 24.2 Å². The summed E-state index contributed by atoms with van der Waals surface area (Å²) in [6, 6.07) is 19.1. The predicted molar refractivity (Wildman–Crippen MR) is 135 cm³/mol. The van der Waals surface area contributed by atoms with Crippen molar-refractivity contribution in [1.82, 2.24) is 4.57 Å². The maximum atomic E-state index is 14.1. The van der Waals surface area contributed by atoms with Gasteiger partial charge in [-0.2, -0.15) is 0 Å². The predicted octanol–water partition coefficient (Wildman–Crippen LogP) is 1.90. The first kappa shape index (κ1) is 23.4. The van der Waals surface area contributed by atoms with Crippen molar-refractivity contribution in [3.05, 3.63) is 122 Å². The van der Waals surface area contributed by atoms with Crippen molar-refractivity contribution in [2.24, 2.45) is 14.1 Å². The monoisotopic (exact) mass is 511 g/mol. The first-order valence-electron chi connectivity index (χ1n) is 11.8. The van der Waals surface area contributed by atoms with E-state index in [0.717, 1.165) is 10.1 Å². The minimum atomic E-state index is -0.860. The van der Waals surface area contributed by atoms with E-state index in [1.807, 2.05) is 18.2 Å². The third-order valence-corrected chi connectivity index (χ3v) is 7.02. The van der Waals surface area contributed by atoms with Crippen LogP contribution in [0.5, 0.6) is 11.8 Å². The summed E-state index contributed by atoms with van der Waals surface area (Å²) in [4.78, 5) is 29.5. The van der Waals surface area contributed by atoms with Crippen LogP contribution in [0.4, 0.5) is 10.2 Å². The lowest BCUT2D eigenvalue weighted by Crippen LogP contribution is -2.75. The Balaban J connectivity index is 1.55. The van der Waals surface area contributed by atoms with Gasteiger partial charge in [0.1, 0.15) is 31.4 Å². The fourth-order valence-corrected chi connectivity index (χ4v) is 5.16. The Kier molecular flexibility index (Phi) is 5.23. The summed E-state index contributed by atoms with van der Waals surface area (Å²) in [7, 11) is 3.08. The van der Waals surface area contributed by atoms with Gasteiger partial charge in [0.2, 0.25) is 0 Å². The third kappa shape index (κ3) is 3.36. The minimum absolute atomic E-state index is 0.0188. The first-order chi connectivity index (χ1) is 18.3. The van der Waals surface area contributed by atoms with Crippen LogP contribution in [0.15, 0.2) is 83.2 Å². The number of esters is 1. The van der Waals surface area contributed by atoms with Crippen molar-refractivity contribution in [2.75, 3.05) is 0 Å². The summed E-state index contributed by atoms with van der Waals surface area (Å²) in [6.45, 7) is 0. The number of aromatic nitrogens is 2. The summed E-state index contributed by atoms with van der Waals surface area (Å²) < 4.78 is 22.2. The fraction of sp³-hybridized carbons (Fsp3) is 0.103. The van der Waals surface area contributed by atoms with Crippen molar-refractivity contribution >= 4 is 23.3 Å². The Morgan fingerprint density at radius 2 is 1.74 bits per heavy atom. The van der Waals surface area contributed by atoms with E-state index in [2.05, 4.69) is 4.99 Å². The normalized spacial score (nSPS) is 15.4. The molecule has 3 N–H and O–H groups in total. The SMILES string of the molecule is Cn1c(O)[n+](C)c2c(c1=O)C(c1cccc(OC(=O)c3ccccc3F)c1)C1=C(O)c3ccccc3C1=[NH+]2. The number of nitrogens with one attached hydrogen (secondary N) is 1. The maximum Gasteiger partial charge on any atom is 0.519 e. The van der Waals surface area contributed by atoms with Gasteiger partial charge >= 0.3 is 23.4 Å². The molecular weight excluding hydrogens is 489 g/mol. The molecule has 9 heteroatoms. The molecule has 0 radical (unpaired) electrons. The number of nitrogens with zero attached hydrogens (tertiary/aromatic N) is 2. The minimum Gasteiger partial charge on any atom is -0.507 e. The quantitative estimate of drug-likeness (QED) is 0.221. The number of halogens is 1. The zero-order chi connectivity index (χ0) is 26.7. The Bertz CT molecular complexity index is 1800. The zero-order valence-corrected chi connectivity index (χ0v) is 20.4. The van der Waals surface area contributed by atoms with E-state index in [1.165, 1.54) is 35.9 Å². The van der Waals surface area contributed by atoms with Crippen molar-refractivity contribution in [1.29, 1.82) is 0 Å². The molecule has 188 valence electrons. The van der Waals surface area contributed by atoms with Gasteiger partial charge in [-0.15, -0.1) is 9.13 Å². The zero-order valence-electron chi connectivity index (χ0n) is 20.4. The van der Waals surface area contributed by atoms with Gasteiger partial charge in [-0.25, -0.2) is 19.0 Å². The van der Waals surface area contributed by atoms with Gasteiger partial charge in [-0.1, -0.05) is 42.5 Å². The number of aliphatic hydroxyl groups is 1. The van der Waals surface area contributed by atoms with Crippen molar-refractivity contribution < 1.29 is 33.7 Å². The van der Waals surface area contributed by atoms with Gasteiger partial charge in [0.15, 0.2) is 11.3 Å². The Morgan fingerprint density at radius 3 is 2.50 bits per heavy atom. The van der Waals surface area contributed by atoms with Gasteiger partial charge in [0.05, 0.1) is 17.1 Å². The lowest BCUT2D eigenvalue weighted by molar-refractivity contribution is -0.723. The summed E-state index contributed by atoms with van der Waals surface area (Å²) in [5, 5.41) is 21.9. The number of allylic oxidation sites excluding steroid dienone is 1. The van der Waals surface area contributed by atoms with Crippen LogP contribution in [-0.4, -0.2) is 26.5 Å². The number of fused-ring (bicyclic) bond motifs is 4. The second-order valence-corrected chi connectivity index (χ2v) is 9.17. The highest BCUT2D eigenvalue weighted by molar-refractivity contribution is 6.21. The van der Waals surface area contributed by atoms with Gasteiger partial charge in [0.25, 0.3) is 0 Å². The van der Waals surface area contributed by atoms with Crippen LogP contribution in [0.2, 0.25) is 0 Å². The molecule has 1 aliphatic carbocycles. The highest BCUT2D eigenvalue weighted by Gasteiger charge is 2.47. The average molecular weight is 512 g/mol. The molecule has 8 nitrogen and oxygen atoms in total. The number of hydrogen-bond acceptors (Lipinski definition) is 5. The summed E-state index contributed by atoms with van der Waals surface area (Å²) in [5.74, 6) is -1.80. The summed E-state index contributed by atoms with van der Waals surface area (Å²) in [5.41, 5.74) is 2.63. The molecule has 3 aromatic carbocycles. The van der Waals surface area contributed by atoms with Gasteiger partial charge in [-0.05, 0) is 35.9 Å². The van der Waals surface area contributed by atoms with Gasteiger partial charge in [-0.3, -0.25) is 0 Å². The molecule has 0 fully saturated rings. The van der Waals surface area contributed by atoms with Crippen molar-refractivity contribution in [2.45, 2.75) is 5.92 Å². The van der Waals surface area contributed by atoms with E-state index in [4.69, 9.17) is 4.74 Å². The Morgan fingerprint density at radius 1 is 1.03 bits per heavy atom. The molecule has 2 heterocycles. The largest absolute Gasteiger partial charge is 0.519 e. The lowest BCUT2D eigenvalue weighted by atomic mass is 9.81. The third-order valence-electron chi connectivity index (χ3n) is 7.02. The van der Waals surface area contributed by atoms with Crippen LogP contribution >= 0.6 is 0 Å². The highest BCUT2D eigenvalue weighted by Crippen LogP contribution is 2.44. The molecule has 6 rings (SSSR count). The standard InChI is InChI=1S/C29H20FN3O5/c1-32-26-23(27(35)33(2)29(32)37)21(22-24(31-26)17-10-3-4-11-18(17)25(22)34)15-8-7-9-16(14-15)38-28(36)19-12-5-6-13-20(19)30/h3-14,21H,1-2H3,(H,31,34,35)/p+2. The molecule has 0 amide bonds. The topological polar surface area (TPSA) is 107 Å². The van der Waals surface area contributed by atoms with Gasteiger partial charge < -0.3 is 14.9 Å². The number of carbonyl (C=O) groups excluding carboxylic acids is 1. The fourth-order valence-electron chi connectivity index (χ4n) is 5.16. The molecule has 0 spiro atoms. The number of aromatic hydroxyl groups is 1. The highest BCUT2D eigenvalue weighted by atomic mass is 19.1. The Hall–Kier alpha value is -5.05. The van der Waals surface area contributed by atoms with Crippen LogP contribution in [0.3, 0.4) is 0 Å². The van der Waals surface area contributed by atoms with Crippen LogP contribution in [0.25, 0.3) is 5.76 Å². The van der Waals surface area contributed by atoms with E-state index in [1.54, 1.807) is 37.4 Å². The first-order valence-corrected chi connectivity index (χ1v) is 11.8. The number of hydrogen-bond donors (Lipinski definition) is 3. The average Bonchev–Trinajstić information content (AvgIpc) is 3.21. The molecule has 0 saturated heterocycles. The van der Waals surface area contributed by atoms with Crippen LogP contribution in [0.1, 0.15) is 38.5 Å². The van der Waals surface area contributed by atoms with E-state index in [-0.39, 0.29) is 23.1 Å². The number of carbonyl (C=O) groups is 1. The molecule has 0 bridgehead atoms. The van der Waals surface area contributed by atoms with E-state index in [0.29, 0.717) is 33.8 Å². The van der Waals surface area contributed by atoms with E-state index >= 15 is 0 Å². The van der Waals surface area contributed by atoms with Crippen LogP contribution in [0, 0.1) is 5.82 Å². The smallest absolute Gasteiger partial charge is 0.507 e. The second-order valence-electron chi connectivity index (χ2n) is 9.17. The Labute approximate surface area is 215 Å². The second kappa shape index (κ2) is 8.52. The van der Waals surface area contributed by atoms with Gasteiger partial charge in [0, 0.05) is 11.1 Å².